The van der Waals surface area contributed by atoms with E-state index in [0.29, 0.717) is 24.5 Å². The molecule has 1 aliphatic heterocycles. The van der Waals surface area contributed by atoms with Crippen molar-refractivity contribution >= 4 is 11.8 Å². The zero-order valence-electron chi connectivity index (χ0n) is 17.7. The molecule has 0 aliphatic carbocycles. The summed E-state index contributed by atoms with van der Waals surface area (Å²) in [6.07, 6.45) is -2.47. The minimum Gasteiger partial charge on any atom is -0.459 e. The van der Waals surface area contributed by atoms with E-state index in [1.54, 1.807) is 44.3 Å². The summed E-state index contributed by atoms with van der Waals surface area (Å²) in [5.74, 6) is -0.0819. The summed E-state index contributed by atoms with van der Waals surface area (Å²) in [4.78, 5) is 21.0. The number of hydrogen-bond acceptors (Lipinski definition) is 6. The summed E-state index contributed by atoms with van der Waals surface area (Å²) < 4.78 is 46.7. The molecule has 1 aliphatic rings. The van der Waals surface area contributed by atoms with Gasteiger partial charge in [-0.3, -0.25) is 4.90 Å². The fourth-order valence-electron chi connectivity index (χ4n) is 3.66. The standard InChI is InChI=1S/C22H26F3N3O3/c1-15(2)30-21(29)19-8-5-10-26-20(19)27(3)17-9-11-28(14-17)13-16-6-4-7-18(12-16)31-22(23,24)25/h4-8,10,12,15,17H,9,11,13-14H2,1-3H3/t17-/m1/s1. The lowest BCUT2D eigenvalue weighted by Gasteiger charge is -2.27. The third-order valence-corrected chi connectivity index (χ3v) is 5.02. The van der Waals surface area contributed by atoms with Gasteiger partial charge in [0.1, 0.15) is 17.1 Å². The second-order valence-corrected chi connectivity index (χ2v) is 7.81. The molecule has 2 heterocycles. The Labute approximate surface area is 179 Å². The number of anilines is 1. The molecule has 0 saturated carbocycles. The van der Waals surface area contributed by atoms with Gasteiger partial charge in [-0.1, -0.05) is 12.1 Å². The molecule has 6 nitrogen and oxygen atoms in total. The van der Waals surface area contributed by atoms with Crippen LogP contribution < -0.4 is 9.64 Å². The molecular weight excluding hydrogens is 411 g/mol. The van der Waals surface area contributed by atoms with Crippen LogP contribution in [-0.4, -0.2) is 54.5 Å². The third-order valence-electron chi connectivity index (χ3n) is 5.02. The highest BCUT2D eigenvalue weighted by atomic mass is 19.4. The highest BCUT2D eigenvalue weighted by Gasteiger charge is 2.32. The topological polar surface area (TPSA) is 54.9 Å². The maximum atomic E-state index is 12.5. The van der Waals surface area contributed by atoms with Crippen molar-refractivity contribution in [3.05, 3.63) is 53.7 Å². The highest BCUT2D eigenvalue weighted by molar-refractivity contribution is 5.94. The summed E-state index contributed by atoms with van der Waals surface area (Å²) in [7, 11) is 1.89. The first-order valence-electron chi connectivity index (χ1n) is 10.1. The van der Waals surface area contributed by atoms with Crippen molar-refractivity contribution in [3.63, 3.8) is 0 Å². The van der Waals surface area contributed by atoms with Crippen molar-refractivity contribution in [1.29, 1.82) is 0 Å². The van der Waals surface area contributed by atoms with Gasteiger partial charge in [0.05, 0.1) is 6.10 Å². The predicted octanol–water partition coefficient (Wildman–Crippen LogP) is 4.26. The van der Waals surface area contributed by atoms with Crippen molar-refractivity contribution in [2.75, 3.05) is 25.0 Å². The van der Waals surface area contributed by atoms with Gasteiger partial charge in [0.2, 0.25) is 0 Å². The smallest absolute Gasteiger partial charge is 0.459 e. The SMILES string of the molecule is CC(C)OC(=O)c1cccnc1N(C)[C@@H]1CCN(Cc2cccc(OC(F)(F)F)c2)C1. The molecule has 1 aromatic heterocycles. The molecule has 0 spiro atoms. The molecule has 1 aromatic carbocycles. The van der Waals surface area contributed by atoms with Crippen LogP contribution in [0.4, 0.5) is 19.0 Å². The number of rotatable bonds is 7. The van der Waals surface area contributed by atoms with Gasteiger partial charge in [-0.15, -0.1) is 13.2 Å². The minimum atomic E-state index is -4.71. The minimum absolute atomic E-state index is 0.107. The number of hydrogen-bond donors (Lipinski definition) is 0. The normalized spacial score (nSPS) is 17.1. The van der Waals surface area contributed by atoms with Gasteiger partial charge in [-0.05, 0) is 50.1 Å². The highest BCUT2D eigenvalue weighted by Crippen LogP contribution is 2.27. The number of esters is 1. The Hall–Kier alpha value is -2.81. The molecule has 0 amide bonds. The van der Waals surface area contributed by atoms with E-state index >= 15 is 0 Å². The van der Waals surface area contributed by atoms with Crippen LogP contribution in [0.15, 0.2) is 42.6 Å². The third kappa shape index (κ3) is 6.33. The van der Waals surface area contributed by atoms with E-state index in [9.17, 15) is 18.0 Å². The molecule has 1 saturated heterocycles. The molecule has 1 fully saturated rings. The second-order valence-electron chi connectivity index (χ2n) is 7.81. The fourth-order valence-corrected chi connectivity index (χ4v) is 3.66. The number of benzene rings is 1. The molecule has 0 bridgehead atoms. The molecule has 0 N–H and O–H groups in total. The molecule has 3 rings (SSSR count). The summed E-state index contributed by atoms with van der Waals surface area (Å²) in [6.45, 7) is 5.56. The van der Waals surface area contributed by atoms with Crippen LogP contribution in [0.1, 0.15) is 36.2 Å². The van der Waals surface area contributed by atoms with Crippen molar-refractivity contribution in [2.45, 2.75) is 45.3 Å². The zero-order chi connectivity index (χ0) is 22.6. The Morgan fingerprint density at radius 3 is 2.77 bits per heavy atom. The van der Waals surface area contributed by atoms with Crippen LogP contribution in [-0.2, 0) is 11.3 Å². The van der Waals surface area contributed by atoms with E-state index in [0.717, 1.165) is 18.5 Å². The quantitative estimate of drug-likeness (QED) is 0.604. The molecule has 1 atom stereocenters. The monoisotopic (exact) mass is 437 g/mol. The van der Waals surface area contributed by atoms with Crippen molar-refractivity contribution in [3.8, 4) is 5.75 Å². The first kappa shape index (κ1) is 22.9. The van der Waals surface area contributed by atoms with E-state index in [4.69, 9.17) is 4.74 Å². The number of alkyl halides is 3. The first-order chi connectivity index (χ1) is 14.6. The number of nitrogens with zero attached hydrogens (tertiary/aromatic N) is 3. The largest absolute Gasteiger partial charge is 0.573 e. The maximum absolute atomic E-state index is 12.5. The van der Waals surface area contributed by atoms with Crippen molar-refractivity contribution in [1.82, 2.24) is 9.88 Å². The second kappa shape index (κ2) is 9.55. The number of halogens is 3. The molecule has 0 unspecified atom stereocenters. The molecule has 2 aromatic rings. The maximum Gasteiger partial charge on any atom is 0.573 e. The number of ether oxygens (including phenoxy) is 2. The van der Waals surface area contributed by atoms with E-state index in [2.05, 4.69) is 14.6 Å². The van der Waals surface area contributed by atoms with Gasteiger partial charge in [-0.25, -0.2) is 9.78 Å². The lowest BCUT2D eigenvalue weighted by Crippen LogP contribution is -2.36. The molecule has 168 valence electrons. The number of carbonyl (C=O) groups excluding carboxylic acids is 1. The van der Waals surface area contributed by atoms with Crippen molar-refractivity contribution in [2.24, 2.45) is 0 Å². The Morgan fingerprint density at radius 1 is 1.29 bits per heavy atom. The van der Waals surface area contributed by atoms with Gasteiger partial charge in [-0.2, -0.15) is 0 Å². The first-order valence-corrected chi connectivity index (χ1v) is 10.1. The van der Waals surface area contributed by atoms with Gasteiger partial charge < -0.3 is 14.4 Å². The average Bonchev–Trinajstić information content (AvgIpc) is 3.14. The number of aromatic nitrogens is 1. The van der Waals surface area contributed by atoms with E-state index in [-0.39, 0.29) is 17.9 Å². The summed E-state index contributed by atoms with van der Waals surface area (Å²) in [5, 5.41) is 0. The lowest BCUT2D eigenvalue weighted by molar-refractivity contribution is -0.274. The predicted molar refractivity (Wildman–Crippen MR) is 110 cm³/mol. The van der Waals surface area contributed by atoms with Crippen LogP contribution in [0, 0.1) is 0 Å². The molecular formula is C22H26F3N3O3. The Bertz CT molecular complexity index is 905. The number of likely N-dealkylation sites (tertiary alicyclic amines) is 1. The Kier molecular flexibility index (Phi) is 7.04. The van der Waals surface area contributed by atoms with Crippen LogP contribution in [0.3, 0.4) is 0 Å². The number of carbonyl (C=O) groups is 1. The Morgan fingerprint density at radius 2 is 2.06 bits per heavy atom. The van der Waals surface area contributed by atoms with Crippen molar-refractivity contribution < 1.29 is 27.4 Å². The summed E-state index contributed by atoms with van der Waals surface area (Å²) >= 11 is 0. The van der Waals surface area contributed by atoms with E-state index in [1.807, 2.05) is 11.9 Å². The van der Waals surface area contributed by atoms with Crippen LogP contribution in [0.5, 0.6) is 5.75 Å². The van der Waals surface area contributed by atoms with Crippen LogP contribution in [0.2, 0.25) is 0 Å². The fraction of sp³-hybridized carbons (Fsp3) is 0.455. The number of pyridine rings is 1. The lowest BCUT2D eigenvalue weighted by atomic mass is 10.2. The van der Waals surface area contributed by atoms with Crippen LogP contribution in [0.25, 0.3) is 0 Å². The van der Waals surface area contributed by atoms with Gasteiger partial charge in [0.15, 0.2) is 0 Å². The number of likely N-dealkylation sites (N-methyl/N-ethyl adjacent to an activating group) is 1. The summed E-state index contributed by atoms with van der Waals surface area (Å²) in [5.41, 5.74) is 1.15. The zero-order valence-corrected chi connectivity index (χ0v) is 17.7. The van der Waals surface area contributed by atoms with E-state index in [1.165, 1.54) is 12.1 Å². The molecule has 9 heteroatoms. The molecule has 31 heavy (non-hydrogen) atoms. The van der Waals surface area contributed by atoms with Gasteiger partial charge >= 0.3 is 12.3 Å². The molecule has 0 radical (unpaired) electrons. The van der Waals surface area contributed by atoms with Crippen LogP contribution >= 0.6 is 0 Å². The summed E-state index contributed by atoms with van der Waals surface area (Å²) in [6, 6.07) is 9.53. The Balaban J connectivity index is 1.65. The van der Waals surface area contributed by atoms with Gasteiger partial charge in [0.25, 0.3) is 0 Å². The average molecular weight is 437 g/mol. The van der Waals surface area contributed by atoms with Gasteiger partial charge in [0, 0.05) is 38.9 Å². The van der Waals surface area contributed by atoms with E-state index < -0.39 is 12.3 Å².